The van der Waals surface area contributed by atoms with E-state index in [0.717, 1.165) is 12.3 Å². The number of hydrogen-bond acceptors (Lipinski definition) is 5. The number of alkyl halides is 3. The summed E-state index contributed by atoms with van der Waals surface area (Å²) in [6.07, 6.45) is -0.555. The first-order valence-electron chi connectivity index (χ1n) is 6.34. The van der Waals surface area contributed by atoms with Crippen LogP contribution in [0.25, 0.3) is 0 Å². The molecule has 0 radical (unpaired) electrons. The highest BCUT2D eigenvalue weighted by molar-refractivity contribution is 5.92. The Kier molecular flexibility index (Phi) is 3.23. The number of hydrogen-bond donors (Lipinski definition) is 1. The molecule has 3 rings (SSSR count). The molecule has 0 unspecified atom stereocenters. The van der Waals surface area contributed by atoms with Gasteiger partial charge in [-0.1, -0.05) is 0 Å². The number of carbonyl (C=O) groups excluding carboxylic acids is 1. The van der Waals surface area contributed by atoms with E-state index in [1.54, 1.807) is 9.58 Å². The lowest BCUT2D eigenvalue weighted by Crippen LogP contribution is -2.49. The molecule has 1 saturated heterocycles. The van der Waals surface area contributed by atoms with Gasteiger partial charge in [-0.2, -0.15) is 18.3 Å². The van der Waals surface area contributed by atoms with Crippen LogP contribution in [0.5, 0.6) is 0 Å². The lowest BCUT2D eigenvalue weighted by Gasteiger charge is -2.39. The predicted octanol–water partition coefficient (Wildman–Crippen LogP) is 0.852. The van der Waals surface area contributed by atoms with Gasteiger partial charge in [-0.15, -0.1) is 0 Å². The molecular weight excluding hydrogens is 301 g/mol. The van der Waals surface area contributed by atoms with Gasteiger partial charge in [0.25, 0.3) is 5.91 Å². The Balaban J connectivity index is 1.69. The predicted molar refractivity (Wildman–Crippen MR) is 69.0 cm³/mol. The van der Waals surface area contributed by atoms with E-state index in [4.69, 9.17) is 5.73 Å². The quantitative estimate of drug-likeness (QED) is 0.907. The molecule has 0 aromatic carbocycles. The van der Waals surface area contributed by atoms with Crippen LogP contribution in [0.1, 0.15) is 22.1 Å². The van der Waals surface area contributed by atoms with Gasteiger partial charge in [0.2, 0.25) is 5.95 Å². The zero-order valence-corrected chi connectivity index (χ0v) is 11.2. The molecule has 0 saturated carbocycles. The van der Waals surface area contributed by atoms with Crippen molar-refractivity contribution in [3.05, 3.63) is 35.9 Å². The molecule has 2 aromatic rings. The first-order valence-corrected chi connectivity index (χ1v) is 6.34. The second-order valence-corrected chi connectivity index (χ2v) is 4.87. The molecule has 3 heterocycles. The van der Waals surface area contributed by atoms with Crippen LogP contribution in [0.4, 0.5) is 19.1 Å². The average molecular weight is 312 g/mol. The highest BCUT2D eigenvalue weighted by atomic mass is 19.4. The van der Waals surface area contributed by atoms with Crippen LogP contribution in [0.15, 0.2) is 24.7 Å². The molecule has 1 aliphatic rings. The molecule has 1 amide bonds. The SMILES string of the molecule is NC(=O)c1cnn(C2CN(c3nccc(C(F)(F)F)n3)C2)c1. The summed E-state index contributed by atoms with van der Waals surface area (Å²) in [6.45, 7) is 0.808. The second kappa shape index (κ2) is 4.97. The average Bonchev–Trinajstić information content (AvgIpc) is 2.86. The second-order valence-electron chi connectivity index (χ2n) is 4.87. The van der Waals surface area contributed by atoms with Gasteiger partial charge in [0, 0.05) is 25.5 Å². The van der Waals surface area contributed by atoms with Crippen molar-refractivity contribution in [3.8, 4) is 0 Å². The van der Waals surface area contributed by atoms with Crippen molar-refractivity contribution in [2.75, 3.05) is 18.0 Å². The summed E-state index contributed by atoms with van der Waals surface area (Å²) in [5.74, 6) is -0.558. The highest BCUT2D eigenvalue weighted by Gasteiger charge is 2.35. The minimum absolute atomic E-state index is 0.0216. The number of anilines is 1. The fourth-order valence-electron chi connectivity index (χ4n) is 2.11. The summed E-state index contributed by atoms with van der Waals surface area (Å²) >= 11 is 0. The molecule has 1 aliphatic heterocycles. The third kappa shape index (κ3) is 2.59. The number of amides is 1. The van der Waals surface area contributed by atoms with Crippen molar-refractivity contribution in [2.45, 2.75) is 12.2 Å². The maximum absolute atomic E-state index is 12.6. The van der Waals surface area contributed by atoms with Crippen LogP contribution in [0, 0.1) is 0 Å². The molecule has 22 heavy (non-hydrogen) atoms. The fourth-order valence-corrected chi connectivity index (χ4v) is 2.11. The van der Waals surface area contributed by atoms with Crippen molar-refractivity contribution in [1.29, 1.82) is 0 Å². The molecule has 0 bridgehead atoms. The van der Waals surface area contributed by atoms with E-state index in [1.807, 2.05) is 0 Å². The van der Waals surface area contributed by atoms with E-state index in [1.165, 1.54) is 12.4 Å². The van der Waals surface area contributed by atoms with Crippen molar-refractivity contribution in [3.63, 3.8) is 0 Å². The standard InChI is InChI=1S/C12H11F3N6O/c13-12(14,15)9-1-2-17-11(19-9)20-5-8(6-20)21-4-7(3-18-21)10(16)22/h1-4,8H,5-6H2,(H2,16,22). The van der Waals surface area contributed by atoms with E-state index in [-0.39, 0.29) is 17.6 Å². The molecule has 10 heteroatoms. The third-order valence-electron chi connectivity index (χ3n) is 3.34. The minimum atomic E-state index is -4.50. The Labute approximate surface area is 122 Å². The van der Waals surface area contributed by atoms with Gasteiger partial charge in [0.05, 0.1) is 17.8 Å². The monoisotopic (exact) mass is 312 g/mol. The number of nitrogens with zero attached hydrogens (tertiary/aromatic N) is 5. The molecule has 2 N–H and O–H groups in total. The maximum Gasteiger partial charge on any atom is 0.433 e. The highest BCUT2D eigenvalue weighted by Crippen LogP contribution is 2.30. The summed E-state index contributed by atoms with van der Waals surface area (Å²) in [5, 5.41) is 4.01. The Hall–Kier alpha value is -2.65. The molecular formula is C12H11F3N6O. The lowest BCUT2D eigenvalue weighted by atomic mass is 10.1. The van der Waals surface area contributed by atoms with Crippen molar-refractivity contribution in [2.24, 2.45) is 5.73 Å². The zero-order chi connectivity index (χ0) is 15.9. The lowest BCUT2D eigenvalue weighted by molar-refractivity contribution is -0.141. The molecule has 1 fully saturated rings. The smallest absolute Gasteiger partial charge is 0.366 e. The summed E-state index contributed by atoms with van der Waals surface area (Å²) in [4.78, 5) is 20.0. The van der Waals surface area contributed by atoms with Crippen LogP contribution in [0.3, 0.4) is 0 Å². The van der Waals surface area contributed by atoms with E-state index in [2.05, 4.69) is 15.1 Å². The van der Waals surface area contributed by atoms with Gasteiger partial charge >= 0.3 is 6.18 Å². The van der Waals surface area contributed by atoms with Gasteiger partial charge in [-0.3, -0.25) is 9.48 Å². The zero-order valence-electron chi connectivity index (χ0n) is 11.2. The van der Waals surface area contributed by atoms with Gasteiger partial charge in [0.1, 0.15) is 5.69 Å². The number of halogens is 3. The van der Waals surface area contributed by atoms with E-state index in [0.29, 0.717) is 13.1 Å². The number of aromatic nitrogens is 4. The molecule has 0 spiro atoms. The van der Waals surface area contributed by atoms with Gasteiger partial charge < -0.3 is 10.6 Å². The van der Waals surface area contributed by atoms with Crippen LogP contribution < -0.4 is 10.6 Å². The maximum atomic E-state index is 12.6. The van der Waals surface area contributed by atoms with Crippen LogP contribution in [0.2, 0.25) is 0 Å². The summed E-state index contributed by atoms with van der Waals surface area (Å²) in [6, 6.07) is 0.763. The Morgan fingerprint density at radius 3 is 2.68 bits per heavy atom. The Morgan fingerprint density at radius 2 is 2.09 bits per heavy atom. The first-order chi connectivity index (χ1) is 10.3. The van der Waals surface area contributed by atoms with Gasteiger partial charge in [-0.25, -0.2) is 9.97 Å². The molecule has 0 atom stereocenters. The number of nitrogens with two attached hydrogens (primary N) is 1. The summed E-state index contributed by atoms with van der Waals surface area (Å²) < 4.78 is 39.4. The number of primary amides is 1. The largest absolute Gasteiger partial charge is 0.433 e. The Bertz CT molecular complexity index is 707. The van der Waals surface area contributed by atoms with Crippen molar-refractivity contribution in [1.82, 2.24) is 19.7 Å². The van der Waals surface area contributed by atoms with Crippen LogP contribution in [-0.4, -0.2) is 38.7 Å². The fraction of sp³-hybridized carbons (Fsp3) is 0.333. The van der Waals surface area contributed by atoms with Gasteiger partial charge in [-0.05, 0) is 6.07 Å². The van der Waals surface area contributed by atoms with E-state index >= 15 is 0 Å². The van der Waals surface area contributed by atoms with Crippen LogP contribution in [-0.2, 0) is 6.18 Å². The van der Waals surface area contributed by atoms with Gasteiger partial charge in [0.15, 0.2) is 0 Å². The Morgan fingerprint density at radius 1 is 1.36 bits per heavy atom. The van der Waals surface area contributed by atoms with Crippen molar-refractivity contribution >= 4 is 11.9 Å². The molecule has 7 nitrogen and oxygen atoms in total. The number of rotatable bonds is 3. The summed E-state index contributed by atoms with van der Waals surface area (Å²) in [7, 11) is 0. The molecule has 2 aromatic heterocycles. The van der Waals surface area contributed by atoms with E-state index in [9.17, 15) is 18.0 Å². The third-order valence-corrected chi connectivity index (χ3v) is 3.34. The normalized spacial score (nSPS) is 15.7. The minimum Gasteiger partial charge on any atom is -0.366 e. The van der Waals surface area contributed by atoms with Crippen LogP contribution >= 0.6 is 0 Å². The topological polar surface area (TPSA) is 89.9 Å². The van der Waals surface area contributed by atoms with E-state index < -0.39 is 17.8 Å². The first kappa shape index (κ1) is 14.3. The van der Waals surface area contributed by atoms with Crippen molar-refractivity contribution < 1.29 is 18.0 Å². The summed E-state index contributed by atoms with van der Waals surface area (Å²) in [5.41, 5.74) is 4.44. The number of carbonyl (C=O) groups is 1. The molecule has 0 aliphatic carbocycles. The molecule has 116 valence electrons.